The largest absolute Gasteiger partial charge is 0.336 e. The first-order valence-corrected chi connectivity index (χ1v) is 11.8. The molecule has 26 heavy (non-hydrogen) atoms. The van der Waals surface area contributed by atoms with Crippen molar-refractivity contribution in [2.75, 3.05) is 19.6 Å². The maximum absolute atomic E-state index is 13.2. The lowest BCUT2D eigenvalue weighted by Gasteiger charge is -2.34. The highest BCUT2D eigenvalue weighted by atomic mass is 79.9. The van der Waals surface area contributed by atoms with Gasteiger partial charge in [-0.25, -0.2) is 8.42 Å². The molecule has 1 aromatic rings. The van der Waals surface area contributed by atoms with Gasteiger partial charge in [0.15, 0.2) is 0 Å². The molecule has 0 unspecified atom stereocenters. The minimum absolute atomic E-state index is 0.0789. The molecule has 0 N–H and O–H groups in total. The quantitative estimate of drug-likeness (QED) is 0.691. The molecule has 3 rings (SSSR count). The molecule has 144 valence electrons. The highest BCUT2D eigenvalue weighted by Crippen LogP contribution is 2.29. The maximum atomic E-state index is 13.2. The van der Waals surface area contributed by atoms with E-state index in [4.69, 9.17) is 0 Å². The van der Waals surface area contributed by atoms with Crippen LogP contribution in [0.25, 0.3) is 0 Å². The summed E-state index contributed by atoms with van der Waals surface area (Å²) in [5, 5.41) is 0. The van der Waals surface area contributed by atoms with E-state index in [1.54, 1.807) is 18.2 Å². The molecule has 0 aromatic heterocycles. The van der Waals surface area contributed by atoms with Gasteiger partial charge in [-0.1, -0.05) is 19.3 Å². The second-order valence-corrected chi connectivity index (χ2v) is 9.93. The predicted molar refractivity (Wildman–Crippen MR) is 106 cm³/mol. The smallest absolute Gasteiger partial charge is 0.255 e. The van der Waals surface area contributed by atoms with Crippen molar-refractivity contribution in [3.63, 3.8) is 0 Å². The number of nitrogens with zero attached hydrogens (tertiary/aromatic N) is 2. The van der Waals surface area contributed by atoms with E-state index in [0.29, 0.717) is 29.7 Å². The van der Waals surface area contributed by atoms with E-state index in [9.17, 15) is 13.2 Å². The maximum Gasteiger partial charge on any atom is 0.255 e. The van der Waals surface area contributed by atoms with Crippen molar-refractivity contribution in [2.24, 2.45) is 0 Å². The molecule has 1 aromatic carbocycles. The van der Waals surface area contributed by atoms with Gasteiger partial charge >= 0.3 is 0 Å². The van der Waals surface area contributed by atoms with Crippen LogP contribution in [0, 0.1) is 0 Å². The Balaban J connectivity index is 1.90. The number of rotatable bonds is 5. The van der Waals surface area contributed by atoms with Gasteiger partial charge in [-0.2, -0.15) is 4.31 Å². The average Bonchev–Trinajstić information content (AvgIpc) is 3.19. The molecule has 1 amide bonds. The van der Waals surface area contributed by atoms with E-state index in [0.717, 1.165) is 38.5 Å². The molecular weight excluding hydrogens is 416 g/mol. The van der Waals surface area contributed by atoms with Gasteiger partial charge < -0.3 is 4.90 Å². The molecular formula is C19H27BrN2O3S. The van der Waals surface area contributed by atoms with Crippen LogP contribution in [-0.2, 0) is 10.0 Å². The molecule has 2 fully saturated rings. The Morgan fingerprint density at radius 3 is 2.42 bits per heavy atom. The second kappa shape index (κ2) is 8.40. The molecule has 0 radical (unpaired) electrons. The summed E-state index contributed by atoms with van der Waals surface area (Å²) < 4.78 is 27.9. The van der Waals surface area contributed by atoms with Crippen molar-refractivity contribution in [3.8, 4) is 0 Å². The first-order valence-electron chi connectivity index (χ1n) is 9.56. The molecule has 1 saturated carbocycles. The van der Waals surface area contributed by atoms with Crippen LogP contribution in [0.4, 0.5) is 0 Å². The topological polar surface area (TPSA) is 57.7 Å². The van der Waals surface area contributed by atoms with Crippen LogP contribution in [0.5, 0.6) is 0 Å². The number of carbonyl (C=O) groups is 1. The average molecular weight is 443 g/mol. The lowest BCUT2D eigenvalue weighted by Crippen LogP contribution is -2.41. The molecule has 1 aliphatic carbocycles. The van der Waals surface area contributed by atoms with E-state index in [1.807, 2.05) is 11.8 Å². The van der Waals surface area contributed by atoms with Crippen LogP contribution in [0.2, 0.25) is 0 Å². The summed E-state index contributed by atoms with van der Waals surface area (Å²) in [5.74, 6) is -0.0789. The van der Waals surface area contributed by atoms with Gasteiger partial charge in [-0.15, -0.1) is 0 Å². The summed E-state index contributed by atoms with van der Waals surface area (Å²) in [5.41, 5.74) is 0.442. The van der Waals surface area contributed by atoms with Crippen molar-refractivity contribution in [1.29, 1.82) is 0 Å². The summed E-state index contributed by atoms with van der Waals surface area (Å²) >= 11 is 3.45. The summed E-state index contributed by atoms with van der Waals surface area (Å²) in [4.78, 5) is 15.3. The van der Waals surface area contributed by atoms with Gasteiger partial charge in [0.1, 0.15) is 0 Å². The zero-order chi connectivity index (χ0) is 18.7. The molecule has 1 heterocycles. The lowest BCUT2D eigenvalue weighted by atomic mass is 9.93. The van der Waals surface area contributed by atoms with Gasteiger partial charge in [0.2, 0.25) is 10.0 Å². The van der Waals surface area contributed by atoms with Crippen molar-refractivity contribution >= 4 is 31.9 Å². The Bertz CT molecular complexity index is 754. The van der Waals surface area contributed by atoms with Crippen LogP contribution in [-0.4, -0.2) is 49.2 Å². The SMILES string of the molecule is CCN(C(=O)c1cc(S(=O)(=O)N2CCCC2)ccc1Br)C1CCCCC1. The Morgan fingerprint density at radius 2 is 1.81 bits per heavy atom. The summed E-state index contributed by atoms with van der Waals surface area (Å²) in [6.45, 7) is 3.75. The summed E-state index contributed by atoms with van der Waals surface area (Å²) in [7, 11) is -3.53. The molecule has 5 nitrogen and oxygen atoms in total. The number of benzene rings is 1. The highest BCUT2D eigenvalue weighted by Gasteiger charge is 2.30. The summed E-state index contributed by atoms with van der Waals surface area (Å²) in [6, 6.07) is 5.08. The molecule has 2 aliphatic rings. The van der Waals surface area contributed by atoms with E-state index in [-0.39, 0.29) is 16.8 Å². The Morgan fingerprint density at radius 1 is 1.15 bits per heavy atom. The highest BCUT2D eigenvalue weighted by molar-refractivity contribution is 9.10. The van der Waals surface area contributed by atoms with Gasteiger partial charge in [0, 0.05) is 30.1 Å². The van der Waals surface area contributed by atoms with Gasteiger partial charge in [0.25, 0.3) is 5.91 Å². The van der Waals surface area contributed by atoms with Crippen LogP contribution < -0.4 is 0 Å². The van der Waals surface area contributed by atoms with Crippen molar-refractivity contribution in [1.82, 2.24) is 9.21 Å². The van der Waals surface area contributed by atoms with E-state index >= 15 is 0 Å². The molecule has 0 spiro atoms. The third-order valence-corrected chi connectivity index (χ3v) is 8.07. The molecule has 7 heteroatoms. The van der Waals surface area contributed by atoms with Crippen molar-refractivity contribution < 1.29 is 13.2 Å². The third-order valence-electron chi connectivity index (χ3n) is 5.49. The zero-order valence-corrected chi connectivity index (χ0v) is 17.7. The second-order valence-electron chi connectivity index (χ2n) is 7.14. The Labute approximate surface area is 164 Å². The van der Waals surface area contributed by atoms with E-state index < -0.39 is 10.0 Å². The fraction of sp³-hybridized carbons (Fsp3) is 0.632. The minimum atomic E-state index is -3.53. The number of carbonyl (C=O) groups excluding carboxylic acids is 1. The van der Waals surface area contributed by atoms with Crippen LogP contribution in [0.1, 0.15) is 62.2 Å². The van der Waals surface area contributed by atoms with Gasteiger partial charge in [-0.05, 0) is 66.7 Å². The standard InChI is InChI=1S/C19H27BrN2O3S/c1-2-22(15-8-4-3-5-9-15)19(23)17-14-16(10-11-18(17)20)26(24,25)21-12-6-7-13-21/h10-11,14-15H,2-9,12-13H2,1H3. The zero-order valence-electron chi connectivity index (χ0n) is 15.3. The molecule has 0 bridgehead atoms. The first-order chi connectivity index (χ1) is 12.4. The minimum Gasteiger partial charge on any atom is -0.336 e. The Kier molecular flexibility index (Phi) is 6.41. The van der Waals surface area contributed by atoms with Crippen molar-refractivity contribution in [3.05, 3.63) is 28.2 Å². The molecule has 0 atom stereocenters. The predicted octanol–water partition coefficient (Wildman–Crippen LogP) is 4.03. The molecule has 1 aliphatic heterocycles. The third kappa shape index (κ3) is 3.99. The lowest BCUT2D eigenvalue weighted by molar-refractivity contribution is 0.0646. The number of amides is 1. The fourth-order valence-electron chi connectivity index (χ4n) is 4.02. The monoisotopic (exact) mass is 442 g/mol. The number of sulfonamides is 1. The van der Waals surface area contributed by atoms with Crippen molar-refractivity contribution in [2.45, 2.75) is 62.8 Å². The Hall–Kier alpha value is -0.920. The van der Waals surface area contributed by atoms with Gasteiger partial charge in [-0.3, -0.25) is 4.79 Å². The number of hydrogen-bond donors (Lipinski definition) is 0. The van der Waals surface area contributed by atoms with E-state index in [1.165, 1.54) is 10.7 Å². The van der Waals surface area contributed by atoms with Crippen LogP contribution in [0.3, 0.4) is 0 Å². The van der Waals surface area contributed by atoms with E-state index in [2.05, 4.69) is 15.9 Å². The number of halogens is 1. The molecule has 1 saturated heterocycles. The first kappa shape index (κ1) is 19.8. The normalized spacial score (nSPS) is 19.6. The van der Waals surface area contributed by atoms with Gasteiger partial charge in [0.05, 0.1) is 10.5 Å². The summed E-state index contributed by atoms with van der Waals surface area (Å²) in [6.07, 6.45) is 7.39. The van der Waals surface area contributed by atoms with Crippen LogP contribution >= 0.6 is 15.9 Å². The van der Waals surface area contributed by atoms with Crippen LogP contribution in [0.15, 0.2) is 27.6 Å². The fourth-order valence-corrected chi connectivity index (χ4v) is 5.98. The number of hydrogen-bond acceptors (Lipinski definition) is 3.